The van der Waals surface area contributed by atoms with Crippen LogP contribution in [-0.2, 0) is 19.1 Å². The van der Waals surface area contributed by atoms with Crippen molar-refractivity contribution in [1.82, 2.24) is 20.2 Å². The smallest absolute Gasteiger partial charge is 0.428 e. The van der Waals surface area contributed by atoms with Gasteiger partial charge in [0.25, 0.3) is 0 Å². The molecule has 1 aliphatic carbocycles. The number of amides is 2. The largest absolute Gasteiger partial charge is 0.497 e. The summed E-state index contributed by atoms with van der Waals surface area (Å²) in [5.41, 5.74) is -3.15. The van der Waals surface area contributed by atoms with Gasteiger partial charge in [-0.25, -0.2) is 19.6 Å². The molecule has 1 saturated heterocycles. The second-order valence-corrected chi connectivity index (χ2v) is 16.1. The van der Waals surface area contributed by atoms with Crippen LogP contribution in [0.1, 0.15) is 99.1 Å². The van der Waals surface area contributed by atoms with Crippen LogP contribution in [0.25, 0.3) is 17.1 Å². The number of carbonyl (C=O) groups excluding carboxylic acids is 3. The van der Waals surface area contributed by atoms with Gasteiger partial charge in [-0.05, 0) is 89.3 Å². The third kappa shape index (κ3) is 8.10. The van der Waals surface area contributed by atoms with E-state index in [9.17, 15) is 27.6 Å². The number of aromatic nitrogens is 2. The van der Waals surface area contributed by atoms with Crippen LogP contribution in [0.2, 0.25) is 0 Å². The maximum Gasteiger partial charge on any atom is 0.428 e. The Kier molecular flexibility index (Phi) is 11.1. The number of methoxy groups -OCH3 is 1. The molecule has 3 aliphatic rings. The summed E-state index contributed by atoms with van der Waals surface area (Å²) in [6.45, 7) is 12.0. The monoisotopic (exact) mass is 732 g/mol. The molecule has 3 heterocycles. The molecule has 1 unspecified atom stereocenters. The number of halogens is 3. The minimum atomic E-state index is -4.84. The molecule has 0 radical (unpaired) electrons. The molecule has 1 saturated carbocycles. The average Bonchev–Trinajstić information content (AvgIpc) is 3.62. The maximum atomic E-state index is 14.9. The molecule has 2 fully saturated rings. The van der Waals surface area contributed by atoms with E-state index in [2.05, 4.69) is 5.32 Å². The second-order valence-electron chi connectivity index (χ2n) is 16.1. The van der Waals surface area contributed by atoms with Gasteiger partial charge in [-0.1, -0.05) is 33.8 Å². The molecule has 2 aromatic rings. The molecule has 52 heavy (non-hydrogen) atoms. The van der Waals surface area contributed by atoms with Crippen molar-refractivity contribution in [2.24, 2.45) is 17.3 Å². The normalized spacial score (nSPS) is 28.4. The quantitative estimate of drug-likeness (QED) is 0.321. The summed E-state index contributed by atoms with van der Waals surface area (Å²) in [4.78, 5) is 53.1. The number of hydrogen-bond acceptors (Lipinski definition) is 9. The van der Waals surface area contributed by atoms with Crippen LogP contribution in [0.4, 0.5) is 18.0 Å². The molecule has 2 amide bonds. The van der Waals surface area contributed by atoms with Crippen molar-refractivity contribution in [2.75, 3.05) is 13.7 Å². The lowest BCUT2D eigenvalue weighted by Gasteiger charge is -2.39. The minimum Gasteiger partial charge on any atom is -0.497 e. The van der Waals surface area contributed by atoms with Gasteiger partial charge in [-0.3, -0.25) is 4.79 Å². The minimum absolute atomic E-state index is 0.0971. The van der Waals surface area contributed by atoms with Gasteiger partial charge in [0.2, 0.25) is 17.4 Å². The number of nitrogens with zero attached hydrogens (tertiary/aromatic N) is 3. The van der Waals surface area contributed by atoms with Gasteiger partial charge in [-0.15, -0.1) is 0 Å². The Morgan fingerprint density at radius 2 is 1.77 bits per heavy atom. The number of alkyl halides is 3. The van der Waals surface area contributed by atoms with Crippen molar-refractivity contribution < 1.29 is 46.5 Å². The van der Waals surface area contributed by atoms with Gasteiger partial charge < -0.3 is 29.2 Å². The number of ether oxygens (including phenoxy) is 4. The van der Waals surface area contributed by atoms with Gasteiger partial charge in [0.1, 0.15) is 35.2 Å². The van der Waals surface area contributed by atoms with E-state index in [1.807, 2.05) is 13.0 Å². The second kappa shape index (κ2) is 14.7. The van der Waals surface area contributed by atoms with Crippen LogP contribution in [0, 0.1) is 17.3 Å². The summed E-state index contributed by atoms with van der Waals surface area (Å²) in [5, 5.41) is 2.50. The van der Waals surface area contributed by atoms with E-state index in [0.717, 1.165) is 0 Å². The van der Waals surface area contributed by atoms with Crippen LogP contribution < -0.4 is 14.8 Å². The predicted octanol–water partition coefficient (Wildman–Crippen LogP) is 7.40. The fraction of sp³-hybridized carbons (Fsp3) is 0.658. The van der Waals surface area contributed by atoms with Gasteiger partial charge in [0.15, 0.2) is 0 Å². The number of alkyl carbamates (subject to hydrolysis) is 1. The van der Waals surface area contributed by atoms with E-state index in [4.69, 9.17) is 28.9 Å². The Balaban J connectivity index is 1.65. The van der Waals surface area contributed by atoms with E-state index in [-0.39, 0.29) is 38.1 Å². The third-order valence-corrected chi connectivity index (χ3v) is 10.2. The molecule has 2 aliphatic heterocycles. The SMILES string of the molecule is CC[C@@H]1[C@@H]2CN(C(=O)[C@H](C(C)(C)C)NC(=O)OC3(C(F)(F)F)CCC[C@H]3CCC/C=C/c3nc4ccc(OC)cc4nc3O2)[C@@H]1C(=O)OC(C)(C)C. The standard InChI is InChI=1S/C38H51F3N4O7/c1-9-24-28-21-45(29(24)33(47)51-36(5,6)7)32(46)30(35(2,3)4)44-34(48)52-37(38(39,40)41)19-13-15-22(37)14-11-10-12-16-26-31(50-28)43-27-20-23(49-8)17-18-25(27)42-26/h12,16-18,20,22,24,28-30H,9-11,13-15,19,21H2,1-8H3,(H,44,48)/b16-12+/t22-,24-,28+,29+,30-,37?/m1/s1. The van der Waals surface area contributed by atoms with E-state index in [0.29, 0.717) is 41.7 Å². The number of nitrogens with one attached hydrogen (secondary N) is 1. The predicted molar refractivity (Wildman–Crippen MR) is 188 cm³/mol. The first-order chi connectivity index (χ1) is 24.3. The van der Waals surface area contributed by atoms with Crippen LogP contribution in [0.5, 0.6) is 11.6 Å². The lowest BCUT2D eigenvalue weighted by atomic mass is 9.85. The van der Waals surface area contributed by atoms with E-state index < -0.39 is 70.8 Å². The molecule has 14 heteroatoms. The Morgan fingerprint density at radius 3 is 2.40 bits per heavy atom. The Hall–Kier alpha value is -4.10. The highest BCUT2D eigenvalue weighted by atomic mass is 19.4. The van der Waals surface area contributed by atoms with Crippen molar-refractivity contribution in [1.29, 1.82) is 0 Å². The van der Waals surface area contributed by atoms with E-state index in [1.54, 1.807) is 72.9 Å². The molecule has 1 aromatic heterocycles. The first-order valence-corrected chi connectivity index (χ1v) is 18.1. The maximum absolute atomic E-state index is 14.9. The summed E-state index contributed by atoms with van der Waals surface area (Å²) >= 11 is 0. The number of allylic oxidation sites excluding steroid dienone is 1. The number of fused-ring (bicyclic) bond motifs is 5. The van der Waals surface area contributed by atoms with Crippen molar-refractivity contribution in [2.45, 2.75) is 129 Å². The number of hydrogen-bond donors (Lipinski definition) is 1. The zero-order valence-electron chi connectivity index (χ0n) is 31.3. The molecule has 0 spiro atoms. The molecular formula is C38H51F3N4O7. The highest BCUT2D eigenvalue weighted by molar-refractivity contribution is 5.91. The Morgan fingerprint density at radius 1 is 1.06 bits per heavy atom. The molecule has 1 aromatic carbocycles. The molecule has 11 nitrogen and oxygen atoms in total. The molecule has 5 rings (SSSR count). The molecular weight excluding hydrogens is 681 g/mol. The Labute approximate surface area is 303 Å². The summed E-state index contributed by atoms with van der Waals surface area (Å²) in [6, 6.07) is 2.74. The van der Waals surface area contributed by atoms with Gasteiger partial charge in [0.05, 0.1) is 24.7 Å². The Bertz CT molecular complexity index is 1690. The third-order valence-electron chi connectivity index (χ3n) is 10.2. The summed E-state index contributed by atoms with van der Waals surface area (Å²) < 4.78 is 67.9. The first kappa shape index (κ1) is 39.1. The molecule has 6 atom stereocenters. The zero-order chi connectivity index (χ0) is 38.2. The van der Waals surface area contributed by atoms with E-state index in [1.165, 1.54) is 4.90 Å². The van der Waals surface area contributed by atoms with Crippen molar-refractivity contribution in [3.63, 3.8) is 0 Å². The van der Waals surface area contributed by atoms with Crippen molar-refractivity contribution in [3.8, 4) is 11.6 Å². The molecule has 1 N–H and O–H groups in total. The highest BCUT2D eigenvalue weighted by Crippen LogP contribution is 2.51. The van der Waals surface area contributed by atoms with E-state index >= 15 is 0 Å². The topological polar surface area (TPSA) is 129 Å². The van der Waals surface area contributed by atoms with Crippen LogP contribution >= 0.6 is 0 Å². The number of rotatable bonds is 3. The fourth-order valence-electron chi connectivity index (χ4n) is 7.67. The number of carbonyl (C=O) groups is 3. The molecule has 286 valence electrons. The lowest BCUT2D eigenvalue weighted by molar-refractivity contribution is -0.271. The summed E-state index contributed by atoms with van der Waals surface area (Å²) in [6.07, 6.45) is -1.92. The van der Waals surface area contributed by atoms with Crippen LogP contribution in [-0.4, -0.2) is 82.1 Å². The summed E-state index contributed by atoms with van der Waals surface area (Å²) in [5.74, 6) is -2.17. The van der Waals surface area contributed by atoms with Gasteiger partial charge >= 0.3 is 18.2 Å². The van der Waals surface area contributed by atoms with Gasteiger partial charge in [-0.2, -0.15) is 13.2 Å². The van der Waals surface area contributed by atoms with Crippen LogP contribution in [0.15, 0.2) is 24.3 Å². The molecule has 2 bridgehead atoms. The number of esters is 1. The fourth-order valence-corrected chi connectivity index (χ4v) is 7.67. The average molecular weight is 733 g/mol. The van der Waals surface area contributed by atoms with Crippen molar-refractivity contribution in [3.05, 3.63) is 30.0 Å². The van der Waals surface area contributed by atoms with Crippen molar-refractivity contribution >= 4 is 35.1 Å². The summed E-state index contributed by atoms with van der Waals surface area (Å²) in [7, 11) is 1.54. The van der Waals surface area contributed by atoms with Gasteiger partial charge in [0, 0.05) is 17.9 Å². The van der Waals surface area contributed by atoms with Crippen LogP contribution in [0.3, 0.4) is 0 Å². The zero-order valence-corrected chi connectivity index (χ0v) is 31.3. The highest BCUT2D eigenvalue weighted by Gasteiger charge is 2.64. The number of benzene rings is 1. The lowest BCUT2D eigenvalue weighted by Crippen LogP contribution is -2.60. The first-order valence-electron chi connectivity index (χ1n) is 18.1.